The number of rotatable bonds is 5. The van der Waals surface area contributed by atoms with E-state index < -0.39 is 4.92 Å². The lowest BCUT2D eigenvalue weighted by Crippen LogP contribution is -1.96. The highest BCUT2D eigenvalue weighted by atomic mass is 79.9. The van der Waals surface area contributed by atoms with Gasteiger partial charge in [0.15, 0.2) is 0 Å². The number of hydrogen-bond donors (Lipinski definition) is 0. The summed E-state index contributed by atoms with van der Waals surface area (Å²) in [7, 11) is 0. The molecule has 6 heteroatoms. The lowest BCUT2D eigenvalue weighted by atomic mass is 10.0. The number of terminal acetylenes is 1. The Kier molecular flexibility index (Phi) is 5.73. The minimum absolute atomic E-state index is 0.0310. The van der Waals surface area contributed by atoms with Crippen molar-refractivity contribution in [1.29, 1.82) is 5.26 Å². The zero-order valence-corrected chi connectivity index (χ0v) is 14.0. The van der Waals surface area contributed by atoms with Crippen LogP contribution in [0.15, 0.2) is 46.9 Å². The summed E-state index contributed by atoms with van der Waals surface area (Å²) in [6.07, 6.45) is 6.86. The van der Waals surface area contributed by atoms with E-state index in [-0.39, 0.29) is 12.3 Å². The van der Waals surface area contributed by atoms with E-state index in [4.69, 9.17) is 11.2 Å². The summed E-state index contributed by atoms with van der Waals surface area (Å²) in [6, 6.07) is 13.2. The van der Waals surface area contributed by atoms with Gasteiger partial charge in [0.2, 0.25) is 0 Å². The van der Waals surface area contributed by atoms with Gasteiger partial charge in [0.25, 0.3) is 5.69 Å². The predicted molar refractivity (Wildman–Crippen MR) is 95.1 cm³/mol. The van der Waals surface area contributed by atoms with Crippen molar-refractivity contribution in [2.45, 2.75) is 0 Å². The van der Waals surface area contributed by atoms with Crippen molar-refractivity contribution in [1.82, 2.24) is 0 Å². The molecule has 0 saturated heterocycles. The van der Waals surface area contributed by atoms with Crippen LogP contribution in [-0.2, 0) is 0 Å². The number of non-ortho nitro benzene ring substituents is 1. The van der Waals surface area contributed by atoms with Gasteiger partial charge in [0, 0.05) is 22.2 Å². The quantitative estimate of drug-likeness (QED) is 0.252. The van der Waals surface area contributed by atoms with Crippen molar-refractivity contribution in [2.24, 2.45) is 0 Å². The minimum Gasteiger partial charge on any atom is -0.480 e. The highest BCUT2D eigenvalue weighted by Crippen LogP contribution is 2.28. The van der Waals surface area contributed by atoms with E-state index in [0.717, 1.165) is 4.47 Å². The fourth-order valence-electron chi connectivity index (χ4n) is 1.98. The van der Waals surface area contributed by atoms with Crippen molar-refractivity contribution >= 4 is 33.3 Å². The Bertz CT molecular complexity index is 875. The Balaban J connectivity index is 2.43. The third-order valence-corrected chi connectivity index (χ3v) is 3.59. The zero-order chi connectivity index (χ0) is 17.5. The first-order valence-electron chi connectivity index (χ1n) is 6.77. The third kappa shape index (κ3) is 4.22. The number of ether oxygens (including phenoxy) is 1. The van der Waals surface area contributed by atoms with Gasteiger partial charge in [-0.2, -0.15) is 5.26 Å². The van der Waals surface area contributed by atoms with Crippen LogP contribution in [0, 0.1) is 33.8 Å². The molecule has 0 aliphatic carbocycles. The van der Waals surface area contributed by atoms with Gasteiger partial charge in [0.1, 0.15) is 12.4 Å². The molecule has 0 aromatic heterocycles. The van der Waals surface area contributed by atoms with Crippen LogP contribution >= 0.6 is 15.9 Å². The van der Waals surface area contributed by atoms with Crippen molar-refractivity contribution in [2.75, 3.05) is 6.61 Å². The lowest BCUT2D eigenvalue weighted by Gasteiger charge is -2.08. The summed E-state index contributed by atoms with van der Waals surface area (Å²) in [5, 5.41) is 20.1. The molecule has 0 radical (unpaired) electrons. The molecule has 0 saturated carbocycles. The molecule has 0 amide bonds. The first-order chi connectivity index (χ1) is 11.5. The SMILES string of the molecule is C#CCOc1ccc(Br)cc1/C=C(/C#N)c1ccc([N+](=O)[O-])cc1. The predicted octanol–water partition coefficient (Wildman–Crippen LogP) is 4.43. The maximum atomic E-state index is 10.7. The van der Waals surface area contributed by atoms with Gasteiger partial charge in [-0.05, 0) is 42.0 Å². The van der Waals surface area contributed by atoms with Crippen LogP contribution in [0.2, 0.25) is 0 Å². The molecule has 24 heavy (non-hydrogen) atoms. The van der Waals surface area contributed by atoms with Crippen LogP contribution < -0.4 is 4.74 Å². The smallest absolute Gasteiger partial charge is 0.269 e. The number of hydrogen-bond acceptors (Lipinski definition) is 4. The van der Waals surface area contributed by atoms with Crippen molar-refractivity contribution in [3.8, 4) is 24.2 Å². The Morgan fingerprint density at radius 1 is 1.33 bits per heavy atom. The molecule has 0 heterocycles. The normalized spacial score (nSPS) is 10.5. The zero-order valence-electron chi connectivity index (χ0n) is 12.4. The molecule has 0 bridgehead atoms. The highest BCUT2D eigenvalue weighted by molar-refractivity contribution is 9.10. The Morgan fingerprint density at radius 3 is 2.62 bits per heavy atom. The number of allylic oxidation sites excluding steroid dienone is 1. The van der Waals surface area contributed by atoms with Gasteiger partial charge < -0.3 is 4.74 Å². The maximum Gasteiger partial charge on any atom is 0.269 e. The molecule has 0 unspecified atom stereocenters. The molecule has 2 aromatic carbocycles. The molecule has 0 fully saturated rings. The van der Waals surface area contributed by atoms with Crippen LogP contribution in [0.5, 0.6) is 5.75 Å². The van der Waals surface area contributed by atoms with Gasteiger partial charge in [0.05, 0.1) is 16.6 Å². The molecule has 5 nitrogen and oxygen atoms in total. The molecule has 0 aliphatic rings. The van der Waals surface area contributed by atoms with Crippen LogP contribution in [0.3, 0.4) is 0 Å². The largest absolute Gasteiger partial charge is 0.480 e. The average Bonchev–Trinajstić information content (AvgIpc) is 2.59. The van der Waals surface area contributed by atoms with E-state index in [9.17, 15) is 15.4 Å². The average molecular weight is 383 g/mol. The van der Waals surface area contributed by atoms with Gasteiger partial charge in [-0.3, -0.25) is 10.1 Å². The van der Waals surface area contributed by atoms with Gasteiger partial charge >= 0.3 is 0 Å². The molecular formula is C18H11BrN2O3. The molecule has 0 atom stereocenters. The van der Waals surface area contributed by atoms with Gasteiger partial charge in [-0.15, -0.1) is 6.42 Å². The second kappa shape index (κ2) is 7.96. The fourth-order valence-corrected chi connectivity index (χ4v) is 2.36. The first kappa shape index (κ1) is 17.3. The van der Waals surface area contributed by atoms with Crippen LogP contribution in [0.1, 0.15) is 11.1 Å². The molecule has 0 spiro atoms. The van der Waals surface area contributed by atoms with E-state index in [2.05, 4.69) is 27.9 Å². The summed E-state index contributed by atoms with van der Waals surface area (Å²) in [5.41, 5.74) is 1.57. The second-order valence-electron chi connectivity index (χ2n) is 4.65. The maximum absolute atomic E-state index is 10.7. The molecule has 2 aromatic rings. The van der Waals surface area contributed by atoms with E-state index in [1.807, 2.05) is 0 Å². The summed E-state index contributed by atoms with van der Waals surface area (Å²) in [4.78, 5) is 10.2. The highest BCUT2D eigenvalue weighted by Gasteiger charge is 2.09. The number of nitro benzene ring substituents is 1. The number of halogens is 1. The topological polar surface area (TPSA) is 76.2 Å². The Hall–Kier alpha value is -3.09. The fraction of sp³-hybridized carbons (Fsp3) is 0.0556. The lowest BCUT2D eigenvalue weighted by molar-refractivity contribution is -0.384. The first-order valence-corrected chi connectivity index (χ1v) is 7.57. The van der Waals surface area contributed by atoms with E-state index >= 15 is 0 Å². The van der Waals surface area contributed by atoms with E-state index in [1.54, 1.807) is 24.3 Å². The molecule has 118 valence electrons. The second-order valence-corrected chi connectivity index (χ2v) is 5.56. The Morgan fingerprint density at radius 2 is 2.04 bits per heavy atom. The summed E-state index contributed by atoms with van der Waals surface area (Å²) < 4.78 is 6.29. The number of benzene rings is 2. The van der Waals surface area contributed by atoms with Crippen LogP contribution in [-0.4, -0.2) is 11.5 Å². The van der Waals surface area contributed by atoms with Crippen LogP contribution in [0.4, 0.5) is 5.69 Å². The summed E-state index contributed by atoms with van der Waals surface area (Å²) >= 11 is 3.38. The van der Waals surface area contributed by atoms with E-state index in [1.165, 1.54) is 24.3 Å². The molecule has 2 rings (SSSR count). The molecule has 0 N–H and O–H groups in total. The monoisotopic (exact) mass is 382 g/mol. The van der Waals surface area contributed by atoms with Gasteiger partial charge in [-0.1, -0.05) is 21.9 Å². The minimum atomic E-state index is -0.486. The van der Waals surface area contributed by atoms with Crippen molar-refractivity contribution in [3.63, 3.8) is 0 Å². The van der Waals surface area contributed by atoms with E-state index in [0.29, 0.717) is 22.4 Å². The Labute approximate surface area is 147 Å². The standard InChI is InChI=1S/C18H11BrN2O3/c1-2-9-24-18-8-5-16(19)11-14(18)10-15(12-20)13-3-6-17(7-4-13)21(22)23/h1,3-8,10-11H,9H2/b15-10-. The molecule has 0 aliphatic heterocycles. The molecular weight excluding hydrogens is 372 g/mol. The number of nitro groups is 1. The van der Waals surface area contributed by atoms with Gasteiger partial charge in [-0.25, -0.2) is 0 Å². The summed E-state index contributed by atoms with van der Waals surface area (Å²) in [5.74, 6) is 2.94. The number of nitrogens with zero attached hydrogens (tertiary/aromatic N) is 2. The van der Waals surface area contributed by atoms with Crippen molar-refractivity contribution in [3.05, 3.63) is 68.2 Å². The van der Waals surface area contributed by atoms with Crippen molar-refractivity contribution < 1.29 is 9.66 Å². The third-order valence-electron chi connectivity index (χ3n) is 3.09. The number of nitriles is 1. The van der Waals surface area contributed by atoms with Crippen LogP contribution in [0.25, 0.3) is 11.6 Å². The summed E-state index contributed by atoms with van der Waals surface area (Å²) in [6.45, 7) is 0.113.